The maximum Gasteiger partial charge on any atom is 0.224 e. The van der Waals surface area contributed by atoms with E-state index in [0.29, 0.717) is 6.42 Å². The number of hydrogen-bond acceptors (Lipinski definition) is 3. The molecule has 104 valence electrons. The summed E-state index contributed by atoms with van der Waals surface area (Å²) < 4.78 is 22.7. The second-order valence-electron chi connectivity index (χ2n) is 5.03. The van der Waals surface area contributed by atoms with E-state index in [2.05, 4.69) is 5.32 Å². The van der Waals surface area contributed by atoms with E-state index in [-0.39, 0.29) is 29.8 Å². The molecule has 1 saturated heterocycles. The number of rotatable bonds is 4. The Bertz CT molecular complexity index is 566. The molecule has 0 radical (unpaired) electrons. The summed E-state index contributed by atoms with van der Waals surface area (Å²) in [6, 6.07) is 7.69. The summed E-state index contributed by atoms with van der Waals surface area (Å²) in [6.45, 7) is 2.04. The van der Waals surface area contributed by atoms with E-state index < -0.39 is 9.84 Å². The van der Waals surface area contributed by atoms with Crippen molar-refractivity contribution in [1.29, 1.82) is 0 Å². The van der Waals surface area contributed by atoms with Crippen LogP contribution in [0.3, 0.4) is 0 Å². The zero-order valence-corrected chi connectivity index (χ0v) is 11.9. The highest BCUT2D eigenvalue weighted by molar-refractivity contribution is 7.91. The van der Waals surface area contributed by atoms with Gasteiger partial charge in [-0.05, 0) is 30.4 Å². The van der Waals surface area contributed by atoms with Crippen LogP contribution < -0.4 is 5.32 Å². The summed E-state index contributed by atoms with van der Waals surface area (Å²) in [5.41, 5.74) is 1.92. The number of aryl methyl sites for hydroxylation is 1. The third-order valence-corrected chi connectivity index (χ3v) is 5.31. The van der Waals surface area contributed by atoms with E-state index >= 15 is 0 Å². The minimum absolute atomic E-state index is 0.0289. The molecule has 1 aliphatic rings. The molecule has 0 spiro atoms. The molecule has 1 aromatic rings. The van der Waals surface area contributed by atoms with Crippen LogP contribution >= 0.6 is 0 Å². The Morgan fingerprint density at radius 3 is 2.74 bits per heavy atom. The molecule has 1 amide bonds. The predicted molar refractivity (Wildman–Crippen MR) is 75.8 cm³/mol. The summed E-state index contributed by atoms with van der Waals surface area (Å²) in [6.07, 6.45) is 1.75. The molecule has 0 unspecified atom stereocenters. The van der Waals surface area contributed by atoms with E-state index in [1.165, 1.54) is 0 Å². The first-order valence-corrected chi connectivity index (χ1v) is 8.40. The highest BCUT2D eigenvalue weighted by Gasteiger charge is 2.29. The average molecular weight is 281 g/mol. The number of benzene rings is 1. The van der Waals surface area contributed by atoms with Gasteiger partial charge in [-0.3, -0.25) is 4.79 Å². The minimum Gasteiger partial charge on any atom is -0.326 e. The van der Waals surface area contributed by atoms with Crippen molar-refractivity contribution in [2.75, 3.05) is 16.8 Å². The van der Waals surface area contributed by atoms with Crippen molar-refractivity contribution in [3.8, 4) is 0 Å². The molecule has 1 N–H and O–H groups in total. The van der Waals surface area contributed by atoms with E-state index in [1.807, 2.05) is 31.2 Å². The number of para-hydroxylation sites is 1. The lowest BCUT2D eigenvalue weighted by Crippen LogP contribution is -2.18. The van der Waals surface area contributed by atoms with Crippen molar-refractivity contribution in [2.24, 2.45) is 5.92 Å². The van der Waals surface area contributed by atoms with Crippen molar-refractivity contribution in [1.82, 2.24) is 0 Å². The SMILES string of the molecule is CCc1ccccc1NC(=O)C[C@@H]1CCS(=O)(=O)C1. The van der Waals surface area contributed by atoms with Gasteiger partial charge in [0.1, 0.15) is 0 Å². The molecule has 1 atom stereocenters. The average Bonchev–Trinajstić information content (AvgIpc) is 2.69. The third kappa shape index (κ3) is 3.80. The van der Waals surface area contributed by atoms with E-state index in [4.69, 9.17) is 0 Å². The first kappa shape index (κ1) is 14.1. The zero-order valence-electron chi connectivity index (χ0n) is 11.1. The van der Waals surface area contributed by atoms with Gasteiger partial charge < -0.3 is 5.32 Å². The van der Waals surface area contributed by atoms with Crippen molar-refractivity contribution in [3.05, 3.63) is 29.8 Å². The van der Waals surface area contributed by atoms with Gasteiger partial charge in [-0.25, -0.2) is 8.42 Å². The highest BCUT2D eigenvalue weighted by Crippen LogP contribution is 2.23. The van der Waals surface area contributed by atoms with Crippen LogP contribution in [0, 0.1) is 5.92 Å². The maximum absolute atomic E-state index is 11.9. The lowest BCUT2D eigenvalue weighted by Gasteiger charge is -2.11. The van der Waals surface area contributed by atoms with Crippen LogP contribution in [0.2, 0.25) is 0 Å². The van der Waals surface area contributed by atoms with Gasteiger partial charge in [0, 0.05) is 12.1 Å². The molecule has 0 saturated carbocycles. The Morgan fingerprint density at radius 1 is 1.37 bits per heavy atom. The number of carbonyl (C=O) groups excluding carboxylic acids is 1. The molecule has 1 fully saturated rings. The monoisotopic (exact) mass is 281 g/mol. The Balaban J connectivity index is 1.95. The first-order valence-electron chi connectivity index (χ1n) is 6.58. The fourth-order valence-corrected chi connectivity index (χ4v) is 4.31. The van der Waals surface area contributed by atoms with Crippen molar-refractivity contribution in [3.63, 3.8) is 0 Å². The predicted octanol–water partition coefficient (Wildman–Crippen LogP) is 2.01. The van der Waals surface area contributed by atoms with Gasteiger partial charge in [0.2, 0.25) is 5.91 Å². The summed E-state index contributed by atoms with van der Waals surface area (Å²) in [5, 5.41) is 2.88. The normalized spacial score (nSPS) is 21.2. The van der Waals surface area contributed by atoms with Crippen LogP contribution in [0.15, 0.2) is 24.3 Å². The standard InChI is InChI=1S/C14H19NO3S/c1-2-12-5-3-4-6-13(12)15-14(16)9-11-7-8-19(17,18)10-11/h3-6,11H,2,7-10H2,1H3,(H,15,16)/t11-/m0/s1. The molecule has 19 heavy (non-hydrogen) atoms. The molecular formula is C14H19NO3S. The largest absolute Gasteiger partial charge is 0.326 e. The van der Waals surface area contributed by atoms with Gasteiger partial charge >= 0.3 is 0 Å². The summed E-state index contributed by atoms with van der Waals surface area (Å²) >= 11 is 0. The van der Waals surface area contributed by atoms with E-state index in [1.54, 1.807) is 0 Å². The Labute approximate surface area is 114 Å². The Kier molecular flexibility index (Phi) is 4.24. The minimum atomic E-state index is -2.91. The molecule has 1 aromatic carbocycles. The molecule has 1 aliphatic heterocycles. The third-order valence-electron chi connectivity index (χ3n) is 3.47. The van der Waals surface area contributed by atoms with Crippen LogP contribution in [0.4, 0.5) is 5.69 Å². The number of sulfone groups is 1. The highest BCUT2D eigenvalue weighted by atomic mass is 32.2. The van der Waals surface area contributed by atoms with Crippen LogP contribution in [-0.4, -0.2) is 25.8 Å². The quantitative estimate of drug-likeness (QED) is 0.918. The number of amides is 1. The lowest BCUT2D eigenvalue weighted by molar-refractivity contribution is -0.116. The summed E-state index contributed by atoms with van der Waals surface area (Å²) in [4.78, 5) is 11.9. The van der Waals surface area contributed by atoms with Gasteiger partial charge in [-0.1, -0.05) is 25.1 Å². The first-order chi connectivity index (χ1) is 9.00. The topological polar surface area (TPSA) is 63.2 Å². The van der Waals surface area contributed by atoms with E-state index in [0.717, 1.165) is 17.7 Å². The van der Waals surface area contributed by atoms with Crippen LogP contribution in [0.5, 0.6) is 0 Å². The number of nitrogens with one attached hydrogen (secondary N) is 1. The van der Waals surface area contributed by atoms with Gasteiger partial charge in [0.25, 0.3) is 0 Å². The van der Waals surface area contributed by atoms with Gasteiger partial charge in [0.15, 0.2) is 9.84 Å². The second kappa shape index (κ2) is 5.74. The Morgan fingerprint density at radius 2 is 2.11 bits per heavy atom. The molecule has 0 aromatic heterocycles. The molecule has 5 heteroatoms. The molecular weight excluding hydrogens is 262 g/mol. The molecule has 0 bridgehead atoms. The van der Waals surface area contributed by atoms with Crippen molar-refractivity contribution < 1.29 is 13.2 Å². The van der Waals surface area contributed by atoms with Gasteiger partial charge in [-0.2, -0.15) is 0 Å². The Hall–Kier alpha value is -1.36. The molecule has 1 heterocycles. The fourth-order valence-electron chi connectivity index (χ4n) is 2.45. The molecule has 0 aliphatic carbocycles. The van der Waals surface area contributed by atoms with Crippen LogP contribution in [-0.2, 0) is 21.1 Å². The van der Waals surface area contributed by atoms with Gasteiger partial charge in [-0.15, -0.1) is 0 Å². The molecule has 2 rings (SSSR count). The maximum atomic E-state index is 11.9. The second-order valence-corrected chi connectivity index (χ2v) is 7.26. The summed E-state index contributed by atoms with van der Waals surface area (Å²) in [7, 11) is -2.91. The number of anilines is 1. The summed E-state index contributed by atoms with van der Waals surface area (Å²) in [5.74, 6) is 0.244. The number of carbonyl (C=O) groups is 1. The van der Waals surface area contributed by atoms with Crippen molar-refractivity contribution >= 4 is 21.4 Å². The lowest BCUT2D eigenvalue weighted by atomic mass is 10.0. The van der Waals surface area contributed by atoms with Crippen LogP contribution in [0.1, 0.15) is 25.3 Å². The van der Waals surface area contributed by atoms with E-state index in [9.17, 15) is 13.2 Å². The van der Waals surface area contributed by atoms with Crippen LogP contribution in [0.25, 0.3) is 0 Å². The smallest absolute Gasteiger partial charge is 0.224 e. The van der Waals surface area contributed by atoms with Gasteiger partial charge in [0.05, 0.1) is 11.5 Å². The molecule has 4 nitrogen and oxygen atoms in total. The fraction of sp³-hybridized carbons (Fsp3) is 0.500. The van der Waals surface area contributed by atoms with Crippen molar-refractivity contribution in [2.45, 2.75) is 26.2 Å². The zero-order chi connectivity index (χ0) is 13.9. The number of hydrogen-bond donors (Lipinski definition) is 1.